The maximum absolute atomic E-state index is 11.1. The van der Waals surface area contributed by atoms with Crippen molar-refractivity contribution in [3.8, 4) is 5.75 Å². The Bertz CT molecular complexity index is 529. The Labute approximate surface area is 117 Å². The highest BCUT2D eigenvalue weighted by molar-refractivity contribution is 5.64. The zero-order valence-corrected chi connectivity index (χ0v) is 11.6. The largest absolute Gasteiger partial charge is 0.490 e. The van der Waals surface area contributed by atoms with E-state index in [1.165, 1.54) is 20.0 Å². The lowest BCUT2D eigenvalue weighted by atomic mass is 10.1. The Morgan fingerprint density at radius 3 is 2.95 bits per heavy atom. The number of nitrogens with one attached hydrogen (secondary N) is 1. The normalized spacial score (nSPS) is 18.9. The van der Waals surface area contributed by atoms with Gasteiger partial charge in [-0.1, -0.05) is 0 Å². The standard InChI is InChI=1S/C14H19N3O3/c1-20-14-6-11-9-16(8-10-2-3-10)5-4-15-12(11)7-13(14)17(18)19/h6-7,10,15H,2-5,8-9H2,1H3. The summed E-state index contributed by atoms with van der Waals surface area (Å²) in [6.45, 7) is 3.75. The minimum Gasteiger partial charge on any atom is -0.490 e. The van der Waals surface area contributed by atoms with Crippen molar-refractivity contribution >= 4 is 11.4 Å². The first kappa shape index (κ1) is 13.2. The van der Waals surface area contributed by atoms with Gasteiger partial charge in [0.1, 0.15) is 0 Å². The zero-order valence-electron chi connectivity index (χ0n) is 11.6. The number of hydrogen-bond acceptors (Lipinski definition) is 5. The van der Waals surface area contributed by atoms with Crippen molar-refractivity contribution in [2.45, 2.75) is 19.4 Å². The van der Waals surface area contributed by atoms with Crippen molar-refractivity contribution in [3.05, 3.63) is 27.8 Å². The van der Waals surface area contributed by atoms with Crippen LogP contribution >= 0.6 is 0 Å². The van der Waals surface area contributed by atoms with E-state index in [2.05, 4.69) is 10.2 Å². The molecule has 0 unspecified atom stereocenters. The molecule has 3 rings (SSSR count). The molecule has 2 aliphatic rings. The molecule has 0 amide bonds. The predicted octanol–water partition coefficient (Wildman–Crippen LogP) is 2.24. The monoisotopic (exact) mass is 277 g/mol. The average molecular weight is 277 g/mol. The van der Waals surface area contributed by atoms with E-state index >= 15 is 0 Å². The summed E-state index contributed by atoms with van der Waals surface area (Å²) < 4.78 is 5.15. The molecule has 1 aromatic rings. The van der Waals surface area contributed by atoms with Crippen LogP contribution in [0, 0.1) is 16.0 Å². The van der Waals surface area contributed by atoms with Crippen molar-refractivity contribution in [1.82, 2.24) is 4.90 Å². The van der Waals surface area contributed by atoms with Gasteiger partial charge in [-0.25, -0.2) is 0 Å². The molecule has 1 N–H and O–H groups in total. The van der Waals surface area contributed by atoms with Crippen LogP contribution < -0.4 is 10.1 Å². The van der Waals surface area contributed by atoms with E-state index in [0.29, 0.717) is 5.75 Å². The molecule has 1 heterocycles. The van der Waals surface area contributed by atoms with Gasteiger partial charge in [-0.15, -0.1) is 0 Å². The summed E-state index contributed by atoms with van der Waals surface area (Å²) in [6, 6.07) is 3.39. The minimum absolute atomic E-state index is 0.0226. The Morgan fingerprint density at radius 1 is 1.50 bits per heavy atom. The third kappa shape index (κ3) is 2.70. The van der Waals surface area contributed by atoms with Gasteiger partial charge in [0, 0.05) is 37.9 Å². The highest BCUT2D eigenvalue weighted by Gasteiger charge is 2.27. The number of ether oxygens (including phenoxy) is 1. The Hall–Kier alpha value is -1.82. The lowest BCUT2D eigenvalue weighted by Gasteiger charge is -2.19. The van der Waals surface area contributed by atoms with E-state index < -0.39 is 4.92 Å². The summed E-state index contributed by atoms with van der Waals surface area (Å²) in [4.78, 5) is 13.1. The Kier molecular flexibility index (Phi) is 3.48. The van der Waals surface area contributed by atoms with E-state index in [0.717, 1.165) is 43.3 Å². The first-order valence-corrected chi connectivity index (χ1v) is 6.99. The van der Waals surface area contributed by atoms with Crippen LogP contribution in [-0.2, 0) is 6.54 Å². The number of hydrogen-bond donors (Lipinski definition) is 1. The predicted molar refractivity (Wildman–Crippen MR) is 76.1 cm³/mol. The summed E-state index contributed by atoms with van der Waals surface area (Å²) in [7, 11) is 1.47. The summed E-state index contributed by atoms with van der Waals surface area (Å²) in [5, 5.41) is 14.4. The first-order chi connectivity index (χ1) is 9.67. The lowest BCUT2D eigenvalue weighted by molar-refractivity contribution is -0.385. The van der Waals surface area contributed by atoms with Crippen LogP contribution in [0.1, 0.15) is 18.4 Å². The summed E-state index contributed by atoms with van der Waals surface area (Å²) in [5.41, 5.74) is 1.95. The van der Waals surface area contributed by atoms with Crippen molar-refractivity contribution in [2.75, 3.05) is 32.1 Å². The Balaban J connectivity index is 1.88. The zero-order chi connectivity index (χ0) is 14.1. The third-order valence-corrected chi connectivity index (χ3v) is 3.95. The molecule has 1 aliphatic heterocycles. The first-order valence-electron chi connectivity index (χ1n) is 6.99. The minimum atomic E-state index is -0.395. The van der Waals surface area contributed by atoms with Crippen molar-refractivity contribution < 1.29 is 9.66 Å². The van der Waals surface area contributed by atoms with Gasteiger partial charge in [-0.2, -0.15) is 0 Å². The fraction of sp³-hybridized carbons (Fsp3) is 0.571. The van der Waals surface area contributed by atoms with Crippen molar-refractivity contribution in [1.29, 1.82) is 0 Å². The van der Waals surface area contributed by atoms with Gasteiger partial charge in [0.25, 0.3) is 0 Å². The lowest BCUT2D eigenvalue weighted by Crippen LogP contribution is -2.28. The smallest absolute Gasteiger partial charge is 0.312 e. The van der Waals surface area contributed by atoms with Crippen molar-refractivity contribution in [3.63, 3.8) is 0 Å². The summed E-state index contributed by atoms with van der Waals surface area (Å²) in [5.74, 6) is 1.18. The van der Waals surface area contributed by atoms with E-state index in [1.54, 1.807) is 12.1 Å². The Morgan fingerprint density at radius 2 is 2.30 bits per heavy atom. The molecule has 1 saturated carbocycles. The topological polar surface area (TPSA) is 67.6 Å². The SMILES string of the molecule is COc1cc2c(cc1[N+](=O)[O-])NCCN(CC1CC1)C2. The number of fused-ring (bicyclic) bond motifs is 1. The van der Waals surface area contributed by atoms with Crippen LogP contribution in [-0.4, -0.2) is 36.6 Å². The molecule has 1 fully saturated rings. The fourth-order valence-corrected chi connectivity index (χ4v) is 2.70. The molecule has 0 radical (unpaired) electrons. The van der Waals surface area contributed by atoms with Crippen LogP contribution in [0.4, 0.5) is 11.4 Å². The maximum atomic E-state index is 11.1. The fourth-order valence-electron chi connectivity index (χ4n) is 2.70. The summed E-state index contributed by atoms with van der Waals surface area (Å²) >= 11 is 0. The molecule has 0 aromatic heterocycles. The molecule has 108 valence electrons. The van der Waals surface area contributed by atoms with E-state index in [1.807, 2.05) is 0 Å². The van der Waals surface area contributed by atoms with Crippen LogP contribution in [0.25, 0.3) is 0 Å². The molecule has 6 nitrogen and oxygen atoms in total. The van der Waals surface area contributed by atoms with Gasteiger partial charge < -0.3 is 10.1 Å². The second kappa shape index (κ2) is 5.28. The number of anilines is 1. The number of nitro groups is 1. The summed E-state index contributed by atoms with van der Waals surface area (Å²) in [6.07, 6.45) is 2.67. The number of nitro benzene ring substituents is 1. The van der Waals surface area contributed by atoms with Gasteiger partial charge in [0.05, 0.1) is 12.0 Å². The highest BCUT2D eigenvalue weighted by atomic mass is 16.6. The van der Waals surface area contributed by atoms with Gasteiger partial charge >= 0.3 is 5.69 Å². The van der Waals surface area contributed by atoms with Crippen molar-refractivity contribution in [2.24, 2.45) is 5.92 Å². The van der Waals surface area contributed by atoms with Crippen LogP contribution in [0.3, 0.4) is 0 Å². The van der Waals surface area contributed by atoms with Gasteiger partial charge in [0.2, 0.25) is 0 Å². The molecule has 1 aromatic carbocycles. The van der Waals surface area contributed by atoms with Gasteiger partial charge in [-0.3, -0.25) is 15.0 Å². The van der Waals surface area contributed by atoms with Crippen LogP contribution in [0.5, 0.6) is 5.75 Å². The number of nitrogens with zero attached hydrogens (tertiary/aromatic N) is 2. The number of methoxy groups -OCH3 is 1. The molecule has 0 spiro atoms. The number of rotatable bonds is 4. The molecule has 1 aliphatic carbocycles. The van der Waals surface area contributed by atoms with E-state index in [9.17, 15) is 10.1 Å². The van der Waals surface area contributed by atoms with E-state index in [-0.39, 0.29) is 5.69 Å². The van der Waals surface area contributed by atoms with E-state index in [4.69, 9.17) is 4.74 Å². The third-order valence-electron chi connectivity index (χ3n) is 3.95. The molecule has 20 heavy (non-hydrogen) atoms. The van der Waals surface area contributed by atoms with Crippen LogP contribution in [0.2, 0.25) is 0 Å². The van der Waals surface area contributed by atoms with Gasteiger partial charge in [0.15, 0.2) is 5.75 Å². The maximum Gasteiger partial charge on any atom is 0.312 e. The molecule has 0 bridgehead atoms. The molecular formula is C14H19N3O3. The second-order valence-electron chi connectivity index (χ2n) is 5.54. The second-order valence-corrected chi connectivity index (χ2v) is 5.54. The number of benzene rings is 1. The highest BCUT2D eigenvalue weighted by Crippen LogP contribution is 2.36. The van der Waals surface area contributed by atoms with Gasteiger partial charge in [-0.05, 0) is 30.4 Å². The molecular weight excluding hydrogens is 258 g/mol. The molecule has 0 atom stereocenters. The molecule has 0 saturated heterocycles. The average Bonchev–Trinajstić information content (AvgIpc) is 3.24. The molecule has 6 heteroatoms. The quantitative estimate of drug-likeness (QED) is 0.675. The van der Waals surface area contributed by atoms with Crippen LogP contribution in [0.15, 0.2) is 12.1 Å².